The van der Waals surface area contributed by atoms with Crippen molar-refractivity contribution in [3.05, 3.63) is 166 Å². The fourth-order valence-electron chi connectivity index (χ4n) is 5.01. The van der Waals surface area contributed by atoms with Gasteiger partial charge < -0.3 is 19.7 Å². The molecule has 2 N–H and O–H groups in total. The number of benzene rings is 5. The van der Waals surface area contributed by atoms with Gasteiger partial charge in [0.15, 0.2) is 23.1 Å². The highest BCUT2D eigenvalue weighted by molar-refractivity contribution is 6.09. The van der Waals surface area contributed by atoms with Crippen LogP contribution >= 0.6 is 0 Å². The lowest BCUT2D eigenvalue weighted by Gasteiger charge is -2.17. The SMILES string of the molecule is O=C(c1ccccc1)c1cccc(CCOc2ccc(C(=O)O)c(C(=O)O)c2OCCc2cccc(C(=O)c3ccccc3)c2)c1. The number of ether oxygens (including phenoxy) is 2. The highest BCUT2D eigenvalue weighted by atomic mass is 16.5. The number of carbonyl (C=O) groups excluding carboxylic acids is 2. The fraction of sp³-hybridized carbons (Fsp3) is 0.105. The molecule has 0 bridgehead atoms. The summed E-state index contributed by atoms with van der Waals surface area (Å²) in [6.45, 7) is 0.0980. The third-order valence-electron chi connectivity index (χ3n) is 7.30. The second-order valence-electron chi connectivity index (χ2n) is 10.4. The predicted molar refractivity (Wildman–Crippen MR) is 171 cm³/mol. The highest BCUT2D eigenvalue weighted by Gasteiger charge is 2.25. The summed E-state index contributed by atoms with van der Waals surface area (Å²) in [7, 11) is 0. The second-order valence-corrected chi connectivity index (χ2v) is 10.4. The van der Waals surface area contributed by atoms with E-state index in [-0.39, 0.29) is 36.3 Å². The zero-order chi connectivity index (χ0) is 32.5. The average molecular weight is 615 g/mol. The van der Waals surface area contributed by atoms with E-state index in [1.54, 1.807) is 84.9 Å². The van der Waals surface area contributed by atoms with Crippen LogP contribution in [0.25, 0.3) is 0 Å². The molecule has 0 unspecified atom stereocenters. The van der Waals surface area contributed by atoms with Crippen molar-refractivity contribution < 1.29 is 38.9 Å². The minimum Gasteiger partial charge on any atom is -0.489 e. The Labute approximate surface area is 265 Å². The number of ketones is 2. The lowest BCUT2D eigenvalue weighted by atomic mass is 10.0. The topological polar surface area (TPSA) is 127 Å². The Morgan fingerprint density at radius 1 is 0.500 bits per heavy atom. The maximum Gasteiger partial charge on any atom is 0.340 e. The van der Waals surface area contributed by atoms with E-state index in [0.29, 0.717) is 35.1 Å². The molecule has 5 aromatic carbocycles. The Kier molecular flexibility index (Phi) is 9.99. The van der Waals surface area contributed by atoms with Crippen molar-refractivity contribution in [2.75, 3.05) is 13.2 Å². The first-order valence-corrected chi connectivity index (χ1v) is 14.6. The number of aromatic carboxylic acids is 2. The number of hydrogen-bond acceptors (Lipinski definition) is 6. The van der Waals surface area contributed by atoms with Crippen molar-refractivity contribution in [1.29, 1.82) is 0 Å². The van der Waals surface area contributed by atoms with Gasteiger partial charge >= 0.3 is 11.9 Å². The van der Waals surface area contributed by atoms with Gasteiger partial charge in [0.05, 0.1) is 18.8 Å². The summed E-state index contributed by atoms with van der Waals surface area (Å²) in [6.07, 6.45) is 0.703. The highest BCUT2D eigenvalue weighted by Crippen LogP contribution is 2.35. The predicted octanol–water partition coefficient (Wildman–Crippen LogP) is 6.79. The van der Waals surface area contributed by atoms with E-state index in [9.17, 15) is 29.4 Å². The summed E-state index contributed by atoms with van der Waals surface area (Å²) >= 11 is 0. The van der Waals surface area contributed by atoms with Crippen LogP contribution in [0, 0.1) is 0 Å². The smallest absolute Gasteiger partial charge is 0.340 e. The molecule has 0 radical (unpaired) electrons. The minimum atomic E-state index is -1.47. The minimum absolute atomic E-state index is 0.00760. The largest absolute Gasteiger partial charge is 0.489 e. The molecule has 0 amide bonds. The number of carbonyl (C=O) groups is 4. The second kappa shape index (κ2) is 14.6. The first kappa shape index (κ1) is 31.4. The molecule has 0 saturated heterocycles. The molecule has 0 aromatic heterocycles. The average Bonchev–Trinajstić information content (AvgIpc) is 3.08. The van der Waals surface area contributed by atoms with Gasteiger partial charge in [-0.2, -0.15) is 0 Å². The van der Waals surface area contributed by atoms with Gasteiger partial charge in [-0.05, 0) is 35.4 Å². The van der Waals surface area contributed by atoms with Gasteiger partial charge in [0.2, 0.25) is 0 Å². The Morgan fingerprint density at radius 2 is 0.978 bits per heavy atom. The van der Waals surface area contributed by atoms with Gasteiger partial charge in [-0.15, -0.1) is 0 Å². The van der Waals surface area contributed by atoms with Crippen molar-refractivity contribution in [1.82, 2.24) is 0 Å². The number of carboxylic acid groups (broad SMARTS) is 2. The van der Waals surface area contributed by atoms with E-state index >= 15 is 0 Å². The monoisotopic (exact) mass is 614 g/mol. The van der Waals surface area contributed by atoms with E-state index in [4.69, 9.17) is 9.47 Å². The summed E-state index contributed by atoms with van der Waals surface area (Å²) in [5.41, 5.74) is 2.82. The van der Waals surface area contributed by atoms with Crippen LogP contribution in [-0.2, 0) is 12.8 Å². The standard InChI is InChI=1S/C38H30O8/c39-34(27-11-3-1-4-12-27)29-15-7-9-25(23-29)19-21-45-32-18-17-31(37(41)42)33(38(43)44)36(32)46-22-20-26-10-8-16-30(24-26)35(40)28-13-5-2-6-14-28/h1-18,23-24H,19-22H2,(H,41,42)(H,43,44). The van der Waals surface area contributed by atoms with Crippen molar-refractivity contribution in [3.63, 3.8) is 0 Å². The van der Waals surface area contributed by atoms with E-state index in [1.165, 1.54) is 12.1 Å². The Morgan fingerprint density at radius 3 is 1.46 bits per heavy atom. The first-order valence-electron chi connectivity index (χ1n) is 14.6. The molecule has 0 fully saturated rings. The molecular weight excluding hydrogens is 584 g/mol. The number of hydrogen-bond donors (Lipinski definition) is 2. The molecule has 0 aliphatic rings. The van der Waals surface area contributed by atoms with Gasteiger partial charge in [0.25, 0.3) is 0 Å². The van der Waals surface area contributed by atoms with Gasteiger partial charge in [-0.1, -0.05) is 97.1 Å². The molecule has 8 nitrogen and oxygen atoms in total. The summed E-state index contributed by atoms with van der Waals surface area (Å²) in [5, 5.41) is 19.6. The number of carboxylic acids is 2. The van der Waals surface area contributed by atoms with Crippen LogP contribution in [0.4, 0.5) is 0 Å². The van der Waals surface area contributed by atoms with Crippen molar-refractivity contribution >= 4 is 23.5 Å². The molecule has 46 heavy (non-hydrogen) atoms. The van der Waals surface area contributed by atoms with E-state index < -0.39 is 23.1 Å². The lowest BCUT2D eigenvalue weighted by molar-refractivity contribution is 0.0646. The molecule has 8 heteroatoms. The lowest BCUT2D eigenvalue weighted by Crippen LogP contribution is -2.14. The van der Waals surface area contributed by atoms with Crippen LogP contribution in [0.2, 0.25) is 0 Å². The van der Waals surface area contributed by atoms with Gasteiger partial charge in [-0.3, -0.25) is 9.59 Å². The Hall–Kier alpha value is -6.02. The van der Waals surface area contributed by atoms with Crippen molar-refractivity contribution in [2.24, 2.45) is 0 Å². The molecule has 230 valence electrons. The van der Waals surface area contributed by atoms with Crippen LogP contribution < -0.4 is 9.47 Å². The molecule has 0 atom stereocenters. The quantitative estimate of drug-likeness (QED) is 0.131. The third kappa shape index (κ3) is 7.54. The molecule has 0 spiro atoms. The summed E-state index contributed by atoms with van der Waals surface area (Å²) in [6, 6.07) is 34.6. The van der Waals surface area contributed by atoms with Crippen molar-refractivity contribution in [3.8, 4) is 11.5 Å². The van der Waals surface area contributed by atoms with Gasteiger partial charge in [0.1, 0.15) is 5.56 Å². The van der Waals surface area contributed by atoms with Gasteiger partial charge in [0, 0.05) is 35.1 Å². The third-order valence-corrected chi connectivity index (χ3v) is 7.30. The molecule has 5 aromatic rings. The van der Waals surface area contributed by atoms with Crippen LogP contribution in [0.1, 0.15) is 63.7 Å². The van der Waals surface area contributed by atoms with Crippen LogP contribution in [0.3, 0.4) is 0 Å². The van der Waals surface area contributed by atoms with Gasteiger partial charge in [-0.25, -0.2) is 9.59 Å². The van der Waals surface area contributed by atoms with E-state index in [0.717, 1.165) is 11.1 Å². The van der Waals surface area contributed by atoms with E-state index in [2.05, 4.69) is 0 Å². The normalized spacial score (nSPS) is 10.6. The van der Waals surface area contributed by atoms with Crippen molar-refractivity contribution in [2.45, 2.75) is 12.8 Å². The Bertz CT molecular complexity index is 1880. The molecule has 5 rings (SSSR count). The van der Waals surface area contributed by atoms with E-state index in [1.807, 2.05) is 24.3 Å². The maximum atomic E-state index is 12.9. The van der Waals surface area contributed by atoms with Crippen LogP contribution in [0.15, 0.2) is 121 Å². The zero-order valence-electron chi connectivity index (χ0n) is 24.7. The molecule has 0 heterocycles. The Balaban J connectivity index is 1.31. The van der Waals surface area contributed by atoms with Crippen LogP contribution in [-0.4, -0.2) is 46.9 Å². The molecule has 0 saturated carbocycles. The van der Waals surface area contributed by atoms with Crippen LogP contribution in [0.5, 0.6) is 11.5 Å². The maximum absolute atomic E-state index is 12.9. The zero-order valence-corrected chi connectivity index (χ0v) is 24.7. The molecular formula is C38H30O8. The summed E-state index contributed by atoms with van der Waals surface area (Å²) in [4.78, 5) is 49.9. The first-order chi connectivity index (χ1) is 22.3. The molecule has 0 aliphatic carbocycles. The number of rotatable bonds is 14. The molecule has 0 aliphatic heterocycles. The summed E-state index contributed by atoms with van der Waals surface area (Å²) < 4.78 is 11.9. The fourth-order valence-corrected chi connectivity index (χ4v) is 5.01. The summed E-state index contributed by atoms with van der Waals surface area (Å²) in [5.74, 6) is -3.24.